The van der Waals surface area contributed by atoms with E-state index in [-0.39, 0.29) is 11.1 Å². The van der Waals surface area contributed by atoms with E-state index in [4.69, 9.17) is 28.5 Å². The van der Waals surface area contributed by atoms with Crippen LogP contribution < -0.4 is 10.2 Å². The first-order valence-corrected chi connectivity index (χ1v) is 16.6. The Morgan fingerprint density at radius 1 is 1.27 bits per heavy atom. The van der Waals surface area contributed by atoms with Crippen LogP contribution in [-0.2, 0) is 29.1 Å². The molecule has 0 aromatic carbocycles. The topological polar surface area (TPSA) is 123 Å². The van der Waals surface area contributed by atoms with Crippen molar-refractivity contribution in [3.05, 3.63) is 42.5 Å². The monoisotopic (exact) mass is 584 g/mol. The second-order valence-corrected chi connectivity index (χ2v) is 16.7. The highest BCUT2D eigenvalue weighted by molar-refractivity contribution is 6.74. The average Bonchev–Trinajstić information content (AvgIpc) is 3.56. The van der Waals surface area contributed by atoms with Crippen molar-refractivity contribution >= 4 is 31.2 Å². The van der Waals surface area contributed by atoms with E-state index in [1.807, 2.05) is 19.1 Å². The van der Waals surface area contributed by atoms with Gasteiger partial charge >= 0.3 is 6.09 Å². The van der Waals surface area contributed by atoms with E-state index in [1.165, 1.54) is 11.5 Å². The first-order valence-electron chi connectivity index (χ1n) is 13.7. The maximum Gasteiger partial charge on any atom is 0.442 e. The normalized spacial score (nSPS) is 18.3. The fourth-order valence-electron chi connectivity index (χ4n) is 4.50. The summed E-state index contributed by atoms with van der Waals surface area (Å²) in [7, 11) is -0.333. The molecule has 12 heteroatoms. The van der Waals surface area contributed by atoms with E-state index in [1.54, 1.807) is 31.8 Å². The Morgan fingerprint density at radius 3 is 2.66 bits per heavy atom. The van der Waals surface area contributed by atoms with E-state index in [2.05, 4.69) is 44.3 Å². The van der Waals surface area contributed by atoms with Gasteiger partial charge in [-0.3, -0.25) is 9.78 Å². The van der Waals surface area contributed by atoms with Crippen molar-refractivity contribution in [3.8, 4) is 17.0 Å². The second kappa shape index (κ2) is 11.9. The first kappa shape index (κ1) is 30.6. The van der Waals surface area contributed by atoms with Gasteiger partial charge in [0.2, 0.25) is 5.91 Å². The number of methoxy groups -OCH3 is 1. The number of carbonyl (C=O) groups excluding carboxylic acids is 2. The minimum absolute atomic E-state index is 0.0791. The number of amides is 1. The summed E-state index contributed by atoms with van der Waals surface area (Å²) in [5, 5.41) is 0.801. The van der Waals surface area contributed by atoms with Crippen LogP contribution in [0, 0.1) is 0 Å². The average molecular weight is 585 g/mol. The van der Waals surface area contributed by atoms with Gasteiger partial charge in [-0.15, -0.1) is 0 Å². The summed E-state index contributed by atoms with van der Waals surface area (Å²) in [6, 6.07) is 5.51. The zero-order valence-electron chi connectivity index (χ0n) is 25.1. The van der Waals surface area contributed by atoms with Crippen LogP contribution in [0.5, 0.6) is 5.75 Å². The molecule has 1 fully saturated rings. The summed E-state index contributed by atoms with van der Waals surface area (Å²) >= 11 is 0. The molecule has 0 bridgehead atoms. The highest BCUT2D eigenvalue weighted by Gasteiger charge is 2.40. The second-order valence-electron chi connectivity index (χ2n) is 11.9. The number of ether oxygens (including phenoxy) is 3. The molecule has 3 aromatic rings. The molecule has 0 spiro atoms. The third-order valence-corrected chi connectivity index (χ3v) is 12.4. The van der Waals surface area contributed by atoms with Gasteiger partial charge < -0.3 is 23.5 Å². The minimum atomic E-state index is -1.98. The zero-order chi connectivity index (χ0) is 30.0. The van der Waals surface area contributed by atoms with Crippen molar-refractivity contribution in [3.63, 3.8) is 0 Å². The minimum Gasteiger partial charge on any atom is -0.491 e. The van der Waals surface area contributed by atoms with Crippen LogP contribution >= 0.6 is 0 Å². The van der Waals surface area contributed by atoms with Crippen LogP contribution in [0.2, 0.25) is 18.1 Å². The van der Waals surface area contributed by atoms with E-state index in [9.17, 15) is 9.59 Å². The summed E-state index contributed by atoms with van der Waals surface area (Å²) < 4.78 is 25.7. The van der Waals surface area contributed by atoms with Gasteiger partial charge in [-0.05, 0) is 31.1 Å². The van der Waals surface area contributed by atoms with Crippen LogP contribution in [0.25, 0.3) is 22.2 Å². The summed E-state index contributed by atoms with van der Waals surface area (Å²) in [6.07, 6.45) is 4.53. The smallest absolute Gasteiger partial charge is 0.442 e. The summed E-state index contributed by atoms with van der Waals surface area (Å²) in [5.74, 6) is 0.0921. The maximum atomic E-state index is 12.8. The lowest BCUT2D eigenvalue weighted by atomic mass is 9.96. The lowest BCUT2D eigenvalue weighted by molar-refractivity contribution is -0.127. The third kappa shape index (κ3) is 6.61. The molecule has 0 unspecified atom stereocenters. The molecule has 2 atom stereocenters. The fraction of sp³-hybridized carbons (Fsp3) is 0.517. The van der Waals surface area contributed by atoms with Crippen molar-refractivity contribution in [1.29, 1.82) is 0 Å². The van der Waals surface area contributed by atoms with Crippen molar-refractivity contribution in [2.45, 2.75) is 70.9 Å². The van der Waals surface area contributed by atoms with Crippen LogP contribution in [0.3, 0.4) is 0 Å². The Morgan fingerprint density at radius 2 is 2.02 bits per heavy atom. The maximum absolute atomic E-state index is 12.8. The van der Waals surface area contributed by atoms with Gasteiger partial charge in [0, 0.05) is 62.5 Å². The van der Waals surface area contributed by atoms with Gasteiger partial charge in [-0.25, -0.2) is 14.3 Å². The number of hydrogen-bond donors (Lipinski definition) is 1. The predicted molar refractivity (Wildman–Crippen MR) is 156 cm³/mol. The quantitative estimate of drug-likeness (QED) is 0.282. The molecule has 0 radical (unpaired) electrons. The number of hydroxylamine groups is 1. The van der Waals surface area contributed by atoms with E-state index < -0.39 is 25.9 Å². The summed E-state index contributed by atoms with van der Waals surface area (Å²) in [4.78, 5) is 38.2. The Kier molecular flexibility index (Phi) is 8.88. The van der Waals surface area contributed by atoms with Gasteiger partial charge in [-0.1, -0.05) is 20.8 Å². The van der Waals surface area contributed by atoms with Crippen molar-refractivity contribution in [2.75, 3.05) is 26.9 Å². The lowest BCUT2D eigenvalue weighted by Gasteiger charge is -2.38. The van der Waals surface area contributed by atoms with Crippen LogP contribution in [-0.4, -0.2) is 67.9 Å². The predicted octanol–water partition coefficient (Wildman–Crippen LogP) is 5.19. The molecule has 4 heterocycles. The largest absolute Gasteiger partial charge is 0.491 e. The fourth-order valence-corrected chi connectivity index (χ4v) is 5.92. The first-order chi connectivity index (χ1) is 19.3. The van der Waals surface area contributed by atoms with Gasteiger partial charge in [0.1, 0.15) is 18.0 Å². The van der Waals surface area contributed by atoms with Crippen LogP contribution in [0.1, 0.15) is 46.7 Å². The Hall–Kier alpha value is -3.32. The molecule has 1 amide bonds. The van der Waals surface area contributed by atoms with Gasteiger partial charge in [0.25, 0.3) is 0 Å². The number of nitrogens with zero attached hydrogens (tertiary/aromatic N) is 3. The zero-order valence-corrected chi connectivity index (χ0v) is 26.1. The van der Waals surface area contributed by atoms with E-state index in [0.717, 1.165) is 5.39 Å². The molecule has 1 aliphatic rings. The molecule has 3 aromatic heterocycles. The Balaban J connectivity index is 1.73. The molecule has 1 N–H and O–H groups in total. The number of fused-ring (bicyclic) bond motifs is 1. The molecule has 222 valence electrons. The molecule has 41 heavy (non-hydrogen) atoms. The SMILES string of the molecule is CO[C@@]1(c2cc(OC[C@@H](C)O[Si](C)(C)C(C)(C)C)cc(-c3cn(C(=O)ONC(C)=O)c4cnccc34)n2)CCOC1. The Labute approximate surface area is 241 Å². The van der Waals surface area contributed by atoms with Gasteiger partial charge in [0.05, 0.1) is 35.8 Å². The molecule has 0 saturated carbocycles. The molecule has 11 nitrogen and oxygen atoms in total. The third-order valence-electron chi connectivity index (χ3n) is 7.79. The van der Waals surface area contributed by atoms with Gasteiger partial charge in [-0.2, -0.15) is 5.48 Å². The van der Waals surface area contributed by atoms with Crippen molar-refractivity contribution < 1.29 is 33.1 Å². The molecule has 0 aliphatic carbocycles. The molecule has 4 rings (SSSR count). The standard InChI is InChI=1S/C29H40N4O7Si/c1-19(40-41(7,8)28(3,4)5)17-38-21-13-24(31-26(14-21)29(36-6)10-12-37-18-29)23-16-33(27(35)39-32-20(2)34)25-15-30-11-9-22(23)25/h9,11,13-16,19H,10,12,17-18H2,1-8H3,(H,32,34)/t19-,29+/m1/s1. The molecule has 1 aliphatic heterocycles. The molecular formula is C29H40N4O7Si. The molecular weight excluding hydrogens is 544 g/mol. The number of nitrogens with one attached hydrogen (secondary N) is 1. The highest BCUT2D eigenvalue weighted by atomic mass is 28.4. The summed E-state index contributed by atoms with van der Waals surface area (Å²) in [6.45, 7) is 15.6. The van der Waals surface area contributed by atoms with Crippen LogP contribution in [0.15, 0.2) is 36.8 Å². The number of aromatic nitrogens is 3. The Bertz CT molecular complexity index is 1410. The highest BCUT2D eigenvalue weighted by Crippen LogP contribution is 2.39. The lowest BCUT2D eigenvalue weighted by Crippen LogP contribution is -2.44. The van der Waals surface area contributed by atoms with Crippen molar-refractivity contribution in [2.24, 2.45) is 0 Å². The number of rotatable bonds is 8. The molecule has 1 saturated heterocycles. The van der Waals surface area contributed by atoms with Gasteiger partial charge in [0.15, 0.2) is 8.32 Å². The number of carbonyl (C=O) groups is 2. The number of hydrogen-bond acceptors (Lipinski definition) is 9. The van der Waals surface area contributed by atoms with E-state index in [0.29, 0.717) is 54.5 Å². The van der Waals surface area contributed by atoms with E-state index >= 15 is 0 Å². The summed E-state index contributed by atoms with van der Waals surface area (Å²) in [5.41, 5.74) is 3.73. The van der Waals surface area contributed by atoms with Crippen molar-refractivity contribution in [1.82, 2.24) is 20.0 Å². The number of pyridine rings is 2. The van der Waals surface area contributed by atoms with Crippen LogP contribution in [0.4, 0.5) is 4.79 Å².